The van der Waals surface area contributed by atoms with E-state index < -0.39 is 0 Å². The van der Waals surface area contributed by atoms with Gasteiger partial charge in [0.05, 0.1) is 12.8 Å². The highest BCUT2D eigenvalue weighted by Gasteiger charge is 2.13. The van der Waals surface area contributed by atoms with E-state index in [1.807, 2.05) is 37.3 Å². The minimum absolute atomic E-state index is 0.0135. The Morgan fingerprint density at radius 1 is 1.24 bits per heavy atom. The van der Waals surface area contributed by atoms with Crippen LogP contribution in [0.25, 0.3) is 11.3 Å². The molecule has 0 bridgehead atoms. The van der Waals surface area contributed by atoms with Crippen molar-refractivity contribution in [3.05, 3.63) is 51.8 Å². The number of aromatic nitrogens is 1. The number of nitrogens with zero attached hydrogens (tertiary/aromatic N) is 1. The van der Waals surface area contributed by atoms with Gasteiger partial charge in [-0.1, -0.05) is 24.6 Å². The number of hydrogen-bond acceptors (Lipinski definition) is 3. The van der Waals surface area contributed by atoms with Gasteiger partial charge >= 0.3 is 0 Å². The van der Waals surface area contributed by atoms with Crippen molar-refractivity contribution < 1.29 is 4.74 Å². The average Bonchev–Trinajstić information content (AvgIpc) is 2.49. The summed E-state index contributed by atoms with van der Waals surface area (Å²) in [7, 11) is 1.64. The summed E-state index contributed by atoms with van der Waals surface area (Å²) >= 11 is 0. The van der Waals surface area contributed by atoms with Gasteiger partial charge in [0.15, 0.2) is 0 Å². The summed E-state index contributed by atoms with van der Waals surface area (Å²) in [5.41, 5.74) is 9.21. The van der Waals surface area contributed by atoms with E-state index in [1.54, 1.807) is 11.7 Å². The van der Waals surface area contributed by atoms with Crippen LogP contribution < -0.4 is 16.0 Å². The van der Waals surface area contributed by atoms with Crippen molar-refractivity contribution in [3.8, 4) is 17.0 Å². The zero-order valence-corrected chi connectivity index (χ0v) is 12.8. The fourth-order valence-electron chi connectivity index (χ4n) is 2.48. The smallest absolute Gasteiger partial charge is 0.255 e. The van der Waals surface area contributed by atoms with Gasteiger partial charge in [0.25, 0.3) is 5.56 Å². The highest BCUT2D eigenvalue weighted by Crippen LogP contribution is 2.30. The minimum Gasteiger partial charge on any atom is -0.496 e. The van der Waals surface area contributed by atoms with Crippen molar-refractivity contribution in [1.29, 1.82) is 0 Å². The molecule has 112 valence electrons. The lowest BCUT2D eigenvalue weighted by Gasteiger charge is -2.16. The van der Waals surface area contributed by atoms with E-state index in [2.05, 4.69) is 6.92 Å². The van der Waals surface area contributed by atoms with E-state index in [0.717, 1.165) is 29.0 Å². The van der Waals surface area contributed by atoms with Crippen molar-refractivity contribution in [1.82, 2.24) is 4.57 Å². The first-order chi connectivity index (χ1) is 10.1. The summed E-state index contributed by atoms with van der Waals surface area (Å²) < 4.78 is 7.24. The van der Waals surface area contributed by atoms with Crippen molar-refractivity contribution in [2.24, 2.45) is 5.73 Å². The molecule has 2 N–H and O–H groups in total. The van der Waals surface area contributed by atoms with Gasteiger partial charge in [-0.05, 0) is 31.5 Å². The second-order valence-corrected chi connectivity index (χ2v) is 5.11. The van der Waals surface area contributed by atoms with Crippen molar-refractivity contribution in [2.45, 2.75) is 33.4 Å². The second-order valence-electron chi connectivity index (χ2n) is 5.11. The van der Waals surface area contributed by atoms with E-state index in [4.69, 9.17) is 10.5 Å². The Morgan fingerprint density at radius 2 is 2.00 bits per heavy atom. The summed E-state index contributed by atoms with van der Waals surface area (Å²) in [4.78, 5) is 12.5. The number of pyridine rings is 1. The molecular formula is C17H22N2O2. The number of benzene rings is 1. The summed E-state index contributed by atoms with van der Waals surface area (Å²) in [6, 6.07) is 9.74. The molecule has 1 aromatic heterocycles. The first-order valence-corrected chi connectivity index (χ1v) is 7.20. The summed E-state index contributed by atoms with van der Waals surface area (Å²) in [6.07, 6.45) is 0.884. The van der Waals surface area contributed by atoms with Crippen molar-refractivity contribution in [2.75, 3.05) is 7.11 Å². The van der Waals surface area contributed by atoms with Gasteiger partial charge in [-0.3, -0.25) is 4.79 Å². The molecule has 0 spiro atoms. The molecule has 0 aliphatic rings. The third-order valence-electron chi connectivity index (χ3n) is 3.55. The fraction of sp³-hybridized carbons (Fsp3) is 0.353. The molecule has 0 amide bonds. The van der Waals surface area contributed by atoms with Gasteiger partial charge in [-0.15, -0.1) is 0 Å². The minimum atomic E-state index is -0.0135. The van der Waals surface area contributed by atoms with Gasteiger partial charge in [0, 0.05) is 24.2 Å². The Morgan fingerprint density at radius 3 is 2.62 bits per heavy atom. The Kier molecular flexibility index (Phi) is 4.81. The molecule has 1 aromatic carbocycles. The van der Waals surface area contributed by atoms with Crippen molar-refractivity contribution >= 4 is 0 Å². The van der Waals surface area contributed by atoms with Crippen LogP contribution in [0.15, 0.2) is 35.1 Å². The van der Waals surface area contributed by atoms with Crippen LogP contribution in [0.4, 0.5) is 0 Å². The molecular weight excluding hydrogens is 264 g/mol. The highest BCUT2D eigenvalue weighted by molar-refractivity contribution is 5.68. The van der Waals surface area contributed by atoms with Crippen LogP contribution in [0.5, 0.6) is 5.75 Å². The lowest BCUT2D eigenvalue weighted by atomic mass is 10.1. The Bertz CT molecular complexity index is 690. The Hall–Kier alpha value is -2.07. The van der Waals surface area contributed by atoms with E-state index in [9.17, 15) is 4.79 Å². The Labute approximate surface area is 125 Å². The molecule has 0 unspecified atom stereocenters. The number of methoxy groups -OCH3 is 1. The molecule has 0 aliphatic carbocycles. The van der Waals surface area contributed by atoms with Crippen LogP contribution in [0, 0.1) is 6.92 Å². The van der Waals surface area contributed by atoms with E-state index in [-0.39, 0.29) is 12.1 Å². The molecule has 2 rings (SSSR count). The van der Waals surface area contributed by atoms with Crippen LogP contribution in [0.1, 0.15) is 24.5 Å². The highest BCUT2D eigenvalue weighted by atomic mass is 16.5. The third-order valence-corrected chi connectivity index (χ3v) is 3.55. The molecule has 4 nitrogen and oxygen atoms in total. The number of nitrogens with two attached hydrogens (primary N) is 1. The first kappa shape index (κ1) is 15.3. The monoisotopic (exact) mass is 286 g/mol. The maximum absolute atomic E-state index is 12.5. The van der Waals surface area contributed by atoms with Crippen LogP contribution in [0.2, 0.25) is 0 Å². The molecule has 0 aliphatic heterocycles. The molecule has 2 aromatic rings. The summed E-state index contributed by atoms with van der Waals surface area (Å²) in [6.45, 7) is 5.01. The lowest BCUT2D eigenvalue weighted by Crippen LogP contribution is -2.26. The van der Waals surface area contributed by atoms with Crippen LogP contribution >= 0.6 is 0 Å². The van der Waals surface area contributed by atoms with Gasteiger partial charge in [0.2, 0.25) is 0 Å². The van der Waals surface area contributed by atoms with E-state index in [0.29, 0.717) is 12.1 Å². The predicted molar refractivity (Wildman–Crippen MR) is 85.6 cm³/mol. The number of aryl methyl sites for hydroxylation is 1. The third kappa shape index (κ3) is 3.00. The number of hydrogen-bond donors (Lipinski definition) is 1. The molecule has 0 atom stereocenters. The normalized spacial score (nSPS) is 10.7. The van der Waals surface area contributed by atoms with Gasteiger partial charge in [0.1, 0.15) is 5.75 Å². The van der Waals surface area contributed by atoms with E-state index >= 15 is 0 Å². The average molecular weight is 286 g/mol. The quantitative estimate of drug-likeness (QED) is 0.919. The molecule has 0 radical (unpaired) electrons. The van der Waals surface area contributed by atoms with Crippen LogP contribution in [-0.2, 0) is 13.1 Å². The van der Waals surface area contributed by atoms with Crippen LogP contribution in [0.3, 0.4) is 0 Å². The summed E-state index contributed by atoms with van der Waals surface area (Å²) in [5, 5.41) is 0. The largest absolute Gasteiger partial charge is 0.496 e. The Balaban J connectivity index is 2.71. The predicted octanol–water partition coefficient (Wildman–Crippen LogP) is 2.70. The van der Waals surface area contributed by atoms with Gasteiger partial charge in [-0.25, -0.2) is 0 Å². The second kappa shape index (κ2) is 6.59. The maximum atomic E-state index is 12.5. The topological polar surface area (TPSA) is 57.2 Å². The standard InChI is InChI=1S/C17H22N2O2/c1-4-9-19-15(7-6-13(11-18)17(19)20)14-10-12(2)5-8-16(14)21-3/h5-8,10H,4,9,11,18H2,1-3H3. The summed E-state index contributed by atoms with van der Waals surface area (Å²) in [5.74, 6) is 0.769. The van der Waals surface area contributed by atoms with E-state index in [1.165, 1.54) is 0 Å². The van der Waals surface area contributed by atoms with Gasteiger partial charge < -0.3 is 15.0 Å². The lowest BCUT2D eigenvalue weighted by molar-refractivity contribution is 0.416. The zero-order chi connectivity index (χ0) is 15.4. The van der Waals surface area contributed by atoms with Crippen LogP contribution in [-0.4, -0.2) is 11.7 Å². The SMILES string of the molecule is CCCn1c(-c2cc(C)ccc2OC)ccc(CN)c1=O. The molecule has 4 heteroatoms. The number of ether oxygens (including phenoxy) is 1. The molecule has 0 saturated carbocycles. The molecule has 0 saturated heterocycles. The maximum Gasteiger partial charge on any atom is 0.255 e. The molecule has 0 fully saturated rings. The zero-order valence-electron chi connectivity index (χ0n) is 12.8. The van der Waals surface area contributed by atoms with Gasteiger partial charge in [-0.2, -0.15) is 0 Å². The first-order valence-electron chi connectivity index (χ1n) is 7.20. The van der Waals surface area contributed by atoms with Crippen molar-refractivity contribution in [3.63, 3.8) is 0 Å². The molecule has 21 heavy (non-hydrogen) atoms. The number of rotatable bonds is 5. The molecule has 1 heterocycles. The fourth-order valence-corrected chi connectivity index (χ4v) is 2.48.